The number of amides is 2. The number of furan rings is 1. The fourth-order valence-electron chi connectivity index (χ4n) is 4.81. The molecule has 7 heteroatoms. The first-order chi connectivity index (χ1) is 16.4. The number of carbonyl (C=O) groups is 2. The van der Waals surface area contributed by atoms with E-state index in [1.807, 2.05) is 60.9 Å². The summed E-state index contributed by atoms with van der Waals surface area (Å²) in [6.07, 6.45) is 4.68. The number of carbonyl (C=O) groups excluding carboxylic acids is 2. The predicted molar refractivity (Wildman–Crippen MR) is 136 cm³/mol. The van der Waals surface area contributed by atoms with Crippen molar-refractivity contribution in [2.24, 2.45) is 5.41 Å². The van der Waals surface area contributed by atoms with Gasteiger partial charge in [-0.1, -0.05) is 32.0 Å². The van der Waals surface area contributed by atoms with Gasteiger partial charge >= 0.3 is 6.03 Å². The summed E-state index contributed by atoms with van der Waals surface area (Å²) in [5.74, 6) is 0.571. The standard InChI is InChI=1S/C27H27N3O3S/c1-27(2)15-20-24(22(31)16-27)25(23-12-7-13-33-23)30(21-11-5-4-10-19(21)29-20)26(32)28-17-8-6-9-18(14-17)34-3/h4-14,25,29H,15-16H2,1-3H3,(H,28,32)/t25-/m1/s1. The molecular weight excluding hydrogens is 446 g/mol. The Morgan fingerprint density at radius 3 is 2.71 bits per heavy atom. The molecular formula is C27H27N3O3S. The van der Waals surface area contributed by atoms with Crippen LogP contribution in [0.3, 0.4) is 0 Å². The number of nitrogens with one attached hydrogen (secondary N) is 2. The van der Waals surface area contributed by atoms with Gasteiger partial charge in [0.1, 0.15) is 11.8 Å². The summed E-state index contributed by atoms with van der Waals surface area (Å²) in [5.41, 5.74) is 3.40. The Bertz CT molecular complexity index is 1280. The molecule has 0 bridgehead atoms. The summed E-state index contributed by atoms with van der Waals surface area (Å²) in [7, 11) is 0. The lowest BCUT2D eigenvalue weighted by molar-refractivity contribution is -0.118. The molecule has 5 rings (SSSR count). The minimum atomic E-state index is -0.687. The van der Waals surface area contributed by atoms with Crippen LogP contribution in [0.25, 0.3) is 0 Å². The monoisotopic (exact) mass is 473 g/mol. The molecule has 1 aromatic heterocycles. The maximum absolute atomic E-state index is 13.9. The molecule has 0 fully saturated rings. The average Bonchev–Trinajstić information content (AvgIpc) is 3.28. The molecule has 1 aliphatic heterocycles. The minimum absolute atomic E-state index is 0.0233. The zero-order valence-electron chi connectivity index (χ0n) is 19.4. The largest absolute Gasteiger partial charge is 0.467 e. The second kappa shape index (κ2) is 8.72. The zero-order valence-corrected chi connectivity index (χ0v) is 20.2. The van der Waals surface area contributed by atoms with E-state index < -0.39 is 6.04 Å². The summed E-state index contributed by atoms with van der Waals surface area (Å²) in [6.45, 7) is 4.19. The number of hydrogen-bond acceptors (Lipinski definition) is 5. The van der Waals surface area contributed by atoms with Crippen molar-refractivity contribution in [3.63, 3.8) is 0 Å². The molecule has 1 atom stereocenters. The SMILES string of the molecule is CSc1cccc(NC(=O)N2c3ccccc3NC3=C(C(=O)CC(C)(C)C3)[C@H]2c2ccco2)c1. The lowest BCUT2D eigenvalue weighted by atomic mass is 9.74. The molecule has 2 amide bonds. The van der Waals surface area contributed by atoms with Gasteiger partial charge in [-0.3, -0.25) is 9.69 Å². The molecule has 0 saturated heterocycles. The van der Waals surface area contributed by atoms with Gasteiger partial charge < -0.3 is 15.1 Å². The van der Waals surface area contributed by atoms with Crippen molar-refractivity contribution >= 4 is 40.6 Å². The fourth-order valence-corrected chi connectivity index (χ4v) is 5.27. The number of thioether (sulfide) groups is 1. The van der Waals surface area contributed by atoms with Crippen molar-refractivity contribution < 1.29 is 14.0 Å². The number of allylic oxidation sites excluding steroid dienone is 1. The molecule has 0 spiro atoms. The molecule has 34 heavy (non-hydrogen) atoms. The van der Waals surface area contributed by atoms with Crippen LogP contribution in [0.2, 0.25) is 0 Å². The van der Waals surface area contributed by atoms with E-state index in [0.717, 1.165) is 16.3 Å². The highest BCUT2D eigenvalue weighted by Crippen LogP contribution is 2.48. The molecule has 2 aliphatic rings. The first-order valence-electron chi connectivity index (χ1n) is 11.3. The van der Waals surface area contributed by atoms with Gasteiger partial charge in [-0.15, -0.1) is 11.8 Å². The number of benzene rings is 2. The molecule has 2 N–H and O–H groups in total. The smallest absolute Gasteiger partial charge is 0.327 e. The highest BCUT2D eigenvalue weighted by molar-refractivity contribution is 7.98. The first-order valence-corrected chi connectivity index (χ1v) is 12.5. The Labute approximate surface area is 203 Å². The van der Waals surface area contributed by atoms with Crippen LogP contribution in [0.1, 0.15) is 38.5 Å². The van der Waals surface area contributed by atoms with Gasteiger partial charge in [-0.2, -0.15) is 0 Å². The van der Waals surface area contributed by atoms with Gasteiger partial charge in [0.05, 0.1) is 17.6 Å². The number of ketones is 1. The lowest BCUT2D eigenvalue weighted by Crippen LogP contribution is -2.41. The van der Waals surface area contributed by atoms with Gasteiger partial charge in [0.25, 0.3) is 0 Å². The number of urea groups is 1. The van der Waals surface area contributed by atoms with Crippen molar-refractivity contribution in [1.29, 1.82) is 0 Å². The van der Waals surface area contributed by atoms with Crippen LogP contribution < -0.4 is 15.5 Å². The Kier molecular flexibility index (Phi) is 5.73. The molecule has 2 aromatic carbocycles. The van der Waals surface area contributed by atoms with E-state index in [2.05, 4.69) is 24.5 Å². The van der Waals surface area contributed by atoms with Crippen LogP contribution in [0.4, 0.5) is 21.9 Å². The third-order valence-electron chi connectivity index (χ3n) is 6.25. The predicted octanol–water partition coefficient (Wildman–Crippen LogP) is 6.85. The van der Waals surface area contributed by atoms with Crippen molar-refractivity contribution in [3.8, 4) is 0 Å². The van der Waals surface area contributed by atoms with Crippen LogP contribution in [0, 0.1) is 5.41 Å². The van der Waals surface area contributed by atoms with E-state index in [4.69, 9.17) is 4.42 Å². The highest BCUT2D eigenvalue weighted by atomic mass is 32.2. The average molecular weight is 474 g/mol. The van der Waals surface area contributed by atoms with Gasteiger partial charge in [0.2, 0.25) is 0 Å². The summed E-state index contributed by atoms with van der Waals surface area (Å²) < 4.78 is 5.82. The number of nitrogens with zero attached hydrogens (tertiary/aromatic N) is 1. The van der Waals surface area contributed by atoms with Crippen molar-refractivity contribution in [1.82, 2.24) is 0 Å². The molecule has 0 unspecified atom stereocenters. The number of hydrogen-bond donors (Lipinski definition) is 2. The number of Topliss-reactive ketones (excluding diaryl/α,β-unsaturated/α-hetero) is 1. The molecule has 1 aliphatic carbocycles. The maximum atomic E-state index is 13.9. The van der Waals surface area contributed by atoms with E-state index in [0.29, 0.717) is 35.5 Å². The Morgan fingerprint density at radius 2 is 1.94 bits per heavy atom. The third kappa shape index (κ3) is 4.12. The van der Waals surface area contributed by atoms with Gasteiger partial charge in [0.15, 0.2) is 5.78 Å². The molecule has 2 heterocycles. The normalized spacial score (nSPS) is 19.1. The third-order valence-corrected chi connectivity index (χ3v) is 6.98. The Hall–Kier alpha value is -3.45. The van der Waals surface area contributed by atoms with Gasteiger partial charge in [-0.25, -0.2) is 4.79 Å². The van der Waals surface area contributed by atoms with E-state index in [1.54, 1.807) is 29.0 Å². The number of para-hydroxylation sites is 2. The van der Waals surface area contributed by atoms with E-state index in [-0.39, 0.29) is 17.2 Å². The van der Waals surface area contributed by atoms with Gasteiger partial charge in [-0.05, 0) is 60.6 Å². The van der Waals surface area contributed by atoms with Crippen LogP contribution in [0.15, 0.2) is 87.5 Å². The van der Waals surface area contributed by atoms with E-state index in [9.17, 15) is 9.59 Å². The van der Waals surface area contributed by atoms with Gasteiger partial charge in [0, 0.05) is 28.3 Å². The molecule has 3 aromatic rings. The van der Waals surface area contributed by atoms with Crippen molar-refractivity contribution in [2.75, 3.05) is 21.8 Å². The van der Waals surface area contributed by atoms with E-state index >= 15 is 0 Å². The van der Waals surface area contributed by atoms with Crippen LogP contribution in [0.5, 0.6) is 0 Å². The van der Waals surface area contributed by atoms with Crippen LogP contribution in [-0.4, -0.2) is 18.1 Å². The number of fused-ring (bicyclic) bond motifs is 1. The molecule has 6 nitrogen and oxygen atoms in total. The second-order valence-electron chi connectivity index (χ2n) is 9.43. The Morgan fingerprint density at radius 1 is 1.12 bits per heavy atom. The Balaban J connectivity index is 1.67. The molecule has 174 valence electrons. The summed E-state index contributed by atoms with van der Waals surface area (Å²) >= 11 is 1.61. The van der Waals surface area contributed by atoms with E-state index in [1.165, 1.54) is 0 Å². The molecule has 0 saturated carbocycles. The topological polar surface area (TPSA) is 74.6 Å². The first kappa shape index (κ1) is 22.3. The highest BCUT2D eigenvalue weighted by Gasteiger charge is 2.44. The lowest BCUT2D eigenvalue weighted by Gasteiger charge is -2.36. The van der Waals surface area contributed by atoms with Crippen LogP contribution in [-0.2, 0) is 4.79 Å². The number of anilines is 3. The quantitative estimate of drug-likeness (QED) is 0.407. The fraction of sp³-hybridized carbons (Fsp3) is 0.259. The second-order valence-corrected chi connectivity index (χ2v) is 10.3. The summed E-state index contributed by atoms with van der Waals surface area (Å²) in [6, 6.07) is 17.9. The summed E-state index contributed by atoms with van der Waals surface area (Å²) in [5, 5.41) is 6.54. The number of rotatable bonds is 3. The zero-order chi connectivity index (χ0) is 23.9. The van der Waals surface area contributed by atoms with Crippen LogP contribution >= 0.6 is 11.8 Å². The van der Waals surface area contributed by atoms with Crippen molar-refractivity contribution in [2.45, 2.75) is 37.6 Å². The minimum Gasteiger partial charge on any atom is -0.467 e. The van der Waals surface area contributed by atoms with Crippen molar-refractivity contribution in [3.05, 3.63) is 84.0 Å². The molecule has 0 radical (unpaired) electrons. The summed E-state index contributed by atoms with van der Waals surface area (Å²) in [4.78, 5) is 30.2. The maximum Gasteiger partial charge on any atom is 0.327 e.